The lowest BCUT2D eigenvalue weighted by Gasteiger charge is -2.34. The SMILES string of the molecule is Cc1cccc(CN2Cc3cncn3C(c3cccc(Br)c3)C2=O)c1. The third kappa shape index (κ3) is 3.12. The Morgan fingerprint density at radius 1 is 1.20 bits per heavy atom. The van der Waals surface area contributed by atoms with Gasteiger partial charge in [-0.1, -0.05) is 57.9 Å². The Kier molecular flexibility index (Phi) is 4.17. The molecule has 4 rings (SSSR count). The van der Waals surface area contributed by atoms with E-state index in [2.05, 4.69) is 46.0 Å². The number of hydrogen-bond acceptors (Lipinski definition) is 2. The van der Waals surface area contributed by atoms with Crippen LogP contribution in [0.2, 0.25) is 0 Å². The van der Waals surface area contributed by atoms with E-state index < -0.39 is 0 Å². The number of hydrogen-bond donors (Lipinski definition) is 0. The number of rotatable bonds is 3. The number of carbonyl (C=O) groups is 1. The van der Waals surface area contributed by atoms with Crippen LogP contribution in [-0.2, 0) is 17.9 Å². The first-order chi connectivity index (χ1) is 12.1. The monoisotopic (exact) mass is 395 g/mol. The number of nitrogens with zero attached hydrogens (tertiary/aromatic N) is 3. The molecule has 0 aliphatic carbocycles. The summed E-state index contributed by atoms with van der Waals surface area (Å²) in [4.78, 5) is 19.4. The van der Waals surface area contributed by atoms with Crippen molar-refractivity contribution >= 4 is 21.8 Å². The maximum atomic E-state index is 13.2. The molecule has 1 atom stereocenters. The molecule has 3 aromatic rings. The van der Waals surface area contributed by atoms with Crippen LogP contribution < -0.4 is 0 Å². The number of imidazole rings is 1. The summed E-state index contributed by atoms with van der Waals surface area (Å²) in [6.07, 6.45) is 3.60. The van der Waals surface area contributed by atoms with E-state index in [4.69, 9.17) is 0 Å². The Hall–Kier alpha value is -2.40. The van der Waals surface area contributed by atoms with Crippen LogP contribution in [0.4, 0.5) is 0 Å². The molecule has 2 heterocycles. The van der Waals surface area contributed by atoms with Gasteiger partial charge in [-0.3, -0.25) is 4.79 Å². The molecule has 1 unspecified atom stereocenters. The average Bonchev–Trinajstić information content (AvgIpc) is 3.03. The van der Waals surface area contributed by atoms with Crippen molar-refractivity contribution in [1.82, 2.24) is 14.5 Å². The molecule has 4 nitrogen and oxygen atoms in total. The fourth-order valence-corrected chi connectivity index (χ4v) is 3.81. The summed E-state index contributed by atoms with van der Waals surface area (Å²) in [5.74, 6) is 0.102. The van der Waals surface area contributed by atoms with Gasteiger partial charge in [-0.25, -0.2) is 4.98 Å². The van der Waals surface area contributed by atoms with Crippen molar-refractivity contribution in [2.45, 2.75) is 26.1 Å². The Morgan fingerprint density at radius 3 is 2.84 bits per heavy atom. The van der Waals surface area contributed by atoms with E-state index in [1.54, 1.807) is 6.33 Å². The molecule has 1 amide bonds. The van der Waals surface area contributed by atoms with E-state index in [9.17, 15) is 4.79 Å². The second-order valence-electron chi connectivity index (χ2n) is 6.43. The first-order valence-corrected chi connectivity index (χ1v) is 9.01. The number of carbonyl (C=O) groups excluding carboxylic acids is 1. The predicted octanol–water partition coefficient (Wildman–Crippen LogP) is 4.09. The molecule has 126 valence electrons. The largest absolute Gasteiger partial charge is 0.330 e. The van der Waals surface area contributed by atoms with Gasteiger partial charge < -0.3 is 9.47 Å². The molecule has 5 heteroatoms. The molecule has 1 aliphatic rings. The third-order valence-electron chi connectivity index (χ3n) is 4.54. The molecule has 2 aromatic carbocycles. The molecule has 0 saturated carbocycles. The standard InChI is InChI=1S/C20H18BrN3O/c1-14-4-2-5-15(8-14)11-23-12-18-10-22-13-24(18)19(20(23)25)16-6-3-7-17(21)9-16/h2-10,13,19H,11-12H2,1H3. The number of aromatic nitrogens is 2. The topological polar surface area (TPSA) is 38.1 Å². The Morgan fingerprint density at radius 2 is 2.04 bits per heavy atom. The molecular formula is C20H18BrN3O. The van der Waals surface area contributed by atoms with Crippen molar-refractivity contribution < 1.29 is 4.79 Å². The highest BCUT2D eigenvalue weighted by atomic mass is 79.9. The van der Waals surface area contributed by atoms with Crippen molar-refractivity contribution in [1.29, 1.82) is 0 Å². The molecule has 1 aliphatic heterocycles. The van der Waals surface area contributed by atoms with Gasteiger partial charge in [0.2, 0.25) is 0 Å². The number of fused-ring (bicyclic) bond motifs is 1. The summed E-state index contributed by atoms with van der Waals surface area (Å²) < 4.78 is 2.95. The summed E-state index contributed by atoms with van der Waals surface area (Å²) in [5.41, 5.74) is 4.37. The van der Waals surface area contributed by atoms with Gasteiger partial charge in [-0.05, 0) is 30.2 Å². The third-order valence-corrected chi connectivity index (χ3v) is 5.04. The molecule has 0 spiro atoms. The van der Waals surface area contributed by atoms with Gasteiger partial charge in [0.25, 0.3) is 5.91 Å². The van der Waals surface area contributed by atoms with E-state index in [0.717, 1.165) is 21.3 Å². The second kappa shape index (κ2) is 6.48. The minimum atomic E-state index is -0.367. The van der Waals surface area contributed by atoms with E-state index >= 15 is 0 Å². The van der Waals surface area contributed by atoms with Crippen LogP contribution in [0.15, 0.2) is 65.5 Å². The zero-order valence-corrected chi connectivity index (χ0v) is 15.5. The van der Waals surface area contributed by atoms with Crippen LogP contribution in [-0.4, -0.2) is 20.4 Å². The van der Waals surface area contributed by atoms with E-state index in [-0.39, 0.29) is 11.9 Å². The highest BCUT2D eigenvalue weighted by Crippen LogP contribution is 2.30. The van der Waals surface area contributed by atoms with E-state index in [1.165, 1.54) is 5.56 Å². The molecule has 0 bridgehead atoms. The van der Waals surface area contributed by atoms with Crippen molar-refractivity contribution in [2.24, 2.45) is 0 Å². The van der Waals surface area contributed by atoms with E-state index in [1.807, 2.05) is 46.0 Å². The molecule has 0 fully saturated rings. The molecule has 25 heavy (non-hydrogen) atoms. The Balaban J connectivity index is 1.71. The van der Waals surface area contributed by atoms with Crippen molar-refractivity contribution in [3.05, 3.63) is 87.9 Å². The highest BCUT2D eigenvalue weighted by Gasteiger charge is 2.34. The highest BCUT2D eigenvalue weighted by molar-refractivity contribution is 9.10. The zero-order chi connectivity index (χ0) is 17.4. The Bertz CT molecular complexity index is 934. The van der Waals surface area contributed by atoms with Crippen LogP contribution in [0, 0.1) is 6.92 Å². The summed E-state index contributed by atoms with van der Waals surface area (Å²) in [6.45, 7) is 3.26. The quantitative estimate of drug-likeness (QED) is 0.669. The molecule has 0 radical (unpaired) electrons. The summed E-state index contributed by atoms with van der Waals surface area (Å²) in [7, 11) is 0. The van der Waals surface area contributed by atoms with Gasteiger partial charge in [0.1, 0.15) is 6.04 Å². The minimum absolute atomic E-state index is 0.102. The lowest BCUT2D eigenvalue weighted by molar-refractivity contribution is -0.136. The maximum absolute atomic E-state index is 13.2. The van der Waals surface area contributed by atoms with Gasteiger partial charge in [0.05, 0.1) is 18.6 Å². The predicted molar refractivity (Wildman–Crippen MR) is 99.9 cm³/mol. The van der Waals surface area contributed by atoms with Gasteiger partial charge >= 0.3 is 0 Å². The number of amides is 1. The van der Waals surface area contributed by atoms with Crippen LogP contribution >= 0.6 is 15.9 Å². The lowest BCUT2D eigenvalue weighted by atomic mass is 10.0. The van der Waals surface area contributed by atoms with E-state index in [0.29, 0.717) is 13.1 Å². The first-order valence-electron chi connectivity index (χ1n) is 8.22. The second-order valence-corrected chi connectivity index (χ2v) is 7.35. The fourth-order valence-electron chi connectivity index (χ4n) is 3.40. The van der Waals surface area contributed by atoms with Gasteiger partial charge in [0, 0.05) is 17.2 Å². The molecule has 0 N–H and O–H groups in total. The van der Waals surface area contributed by atoms with Crippen LogP contribution in [0.3, 0.4) is 0 Å². The summed E-state index contributed by atoms with van der Waals surface area (Å²) in [5, 5.41) is 0. The van der Waals surface area contributed by atoms with Gasteiger partial charge in [-0.2, -0.15) is 0 Å². The smallest absolute Gasteiger partial charge is 0.250 e. The first kappa shape index (κ1) is 16.1. The van der Waals surface area contributed by atoms with Gasteiger partial charge in [0.15, 0.2) is 0 Å². The maximum Gasteiger partial charge on any atom is 0.250 e. The number of halogens is 1. The van der Waals surface area contributed by atoms with Crippen molar-refractivity contribution in [3.63, 3.8) is 0 Å². The summed E-state index contributed by atoms with van der Waals surface area (Å²) in [6, 6.07) is 15.9. The van der Waals surface area contributed by atoms with Crippen molar-refractivity contribution in [2.75, 3.05) is 0 Å². The average molecular weight is 396 g/mol. The molecular weight excluding hydrogens is 378 g/mol. The molecule has 0 saturated heterocycles. The summed E-state index contributed by atoms with van der Waals surface area (Å²) >= 11 is 3.51. The fraction of sp³-hybridized carbons (Fsp3) is 0.200. The minimum Gasteiger partial charge on any atom is -0.330 e. The number of aryl methyl sites for hydroxylation is 1. The zero-order valence-electron chi connectivity index (χ0n) is 13.9. The van der Waals surface area contributed by atoms with Crippen LogP contribution in [0.5, 0.6) is 0 Å². The van der Waals surface area contributed by atoms with Crippen LogP contribution in [0.25, 0.3) is 0 Å². The normalized spacial score (nSPS) is 16.8. The van der Waals surface area contributed by atoms with Crippen LogP contribution in [0.1, 0.15) is 28.4 Å². The van der Waals surface area contributed by atoms with Crippen molar-refractivity contribution in [3.8, 4) is 0 Å². The Labute approximate surface area is 155 Å². The molecule has 1 aromatic heterocycles. The number of benzene rings is 2. The van der Waals surface area contributed by atoms with Gasteiger partial charge in [-0.15, -0.1) is 0 Å². The lowest BCUT2D eigenvalue weighted by Crippen LogP contribution is -2.42.